The zero-order valence-electron chi connectivity index (χ0n) is 13.3. The molecule has 1 aromatic carbocycles. The SMILES string of the molecule is Cc1nc2ccc(F)cn2c1C(=O)Nc1ccc(C(C)C)cc1. The molecule has 0 unspecified atom stereocenters. The number of nitrogens with one attached hydrogen (secondary N) is 1. The summed E-state index contributed by atoms with van der Waals surface area (Å²) < 4.78 is 14.9. The summed E-state index contributed by atoms with van der Waals surface area (Å²) in [6, 6.07) is 10.6. The van der Waals surface area contributed by atoms with Crippen LogP contribution in [0.5, 0.6) is 0 Å². The summed E-state index contributed by atoms with van der Waals surface area (Å²) in [4.78, 5) is 16.8. The molecule has 0 aliphatic rings. The van der Waals surface area contributed by atoms with Gasteiger partial charge in [0.2, 0.25) is 0 Å². The van der Waals surface area contributed by atoms with Crippen LogP contribution < -0.4 is 5.32 Å². The van der Waals surface area contributed by atoms with Crippen molar-refractivity contribution in [1.29, 1.82) is 0 Å². The van der Waals surface area contributed by atoms with Crippen LogP contribution in [-0.2, 0) is 0 Å². The predicted octanol–water partition coefficient (Wildman–Crippen LogP) is 4.16. The molecule has 3 rings (SSSR count). The summed E-state index contributed by atoms with van der Waals surface area (Å²) in [5, 5.41) is 2.84. The summed E-state index contributed by atoms with van der Waals surface area (Å²) in [7, 11) is 0. The van der Waals surface area contributed by atoms with Gasteiger partial charge in [-0.05, 0) is 42.7 Å². The maximum atomic E-state index is 13.5. The largest absolute Gasteiger partial charge is 0.321 e. The van der Waals surface area contributed by atoms with Crippen LogP contribution >= 0.6 is 0 Å². The molecule has 0 aliphatic heterocycles. The number of imidazole rings is 1. The Labute approximate surface area is 134 Å². The molecule has 1 amide bonds. The molecule has 5 heteroatoms. The van der Waals surface area contributed by atoms with E-state index in [1.165, 1.54) is 22.2 Å². The van der Waals surface area contributed by atoms with E-state index in [1.807, 2.05) is 24.3 Å². The third-order valence-electron chi connectivity index (χ3n) is 3.81. The van der Waals surface area contributed by atoms with Gasteiger partial charge in [0, 0.05) is 11.9 Å². The second-order valence-electron chi connectivity index (χ2n) is 5.85. The maximum Gasteiger partial charge on any atom is 0.274 e. The van der Waals surface area contributed by atoms with Crippen molar-refractivity contribution in [2.45, 2.75) is 26.7 Å². The minimum absolute atomic E-state index is 0.308. The highest BCUT2D eigenvalue weighted by Gasteiger charge is 2.17. The number of anilines is 1. The van der Waals surface area contributed by atoms with E-state index in [1.54, 1.807) is 13.0 Å². The molecule has 118 valence electrons. The van der Waals surface area contributed by atoms with Gasteiger partial charge < -0.3 is 5.32 Å². The average Bonchev–Trinajstić information content (AvgIpc) is 2.83. The Morgan fingerprint density at radius 1 is 1.17 bits per heavy atom. The smallest absolute Gasteiger partial charge is 0.274 e. The van der Waals surface area contributed by atoms with Crippen molar-refractivity contribution in [3.8, 4) is 0 Å². The topological polar surface area (TPSA) is 46.4 Å². The van der Waals surface area contributed by atoms with E-state index < -0.39 is 5.82 Å². The molecule has 0 atom stereocenters. The lowest BCUT2D eigenvalue weighted by Gasteiger charge is -2.09. The van der Waals surface area contributed by atoms with E-state index >= 15 is 0 Å². The first kappa shape index (κ1) is 15.2. The van der Waals surface area contributed by atoms with Crippen LogP contribution in [0.25, 0.3) is 5.65 Å². The van der Waals surface area contributed by atoms with Gasteiger partial charge in [-0.3, -0.25) is 9.20 Å². The van der Waals surface area contributed by atoms with Crippen molar-refractivity contribution < 1.29 is 9.18 Å². The molecule has 4 nitrogen and oxygen atoms in total. The predicted molar refractivity (Wildman–Crippen MR) is 88.4 cm³/mol. The summed E-state index contributed by atoms with van der Waals surface area (Å²) in [6.07, 6.45) is 1.27. The van der Waals surface area contributed by atoms with Crippen molar-refractivity contribution in [2.24, 2.45) is 0 Å². The number of halogens is 1. The molecule has 2 aromatic heterocycles. The Morgan fingerprint density at radius 2 is 1.87 bits per heavy atom. The molecule has 2 heterocycles. The van der Waals surface area contributed by atoms with Crippen LogP contribution in [-0.4, -0.2) is 15.3 Å². The molecule has 23 heavy (non-hydrogen) atoms. The van der Waals surface area contributed by atoms with Crippen LogP contribution in [0.2, 0.25) is 0 Å². The van der Waals surface area contributed by atoms with Crippen molar-refractivity contribution in [3.63, 3.8) is 0 Å². The van der Waals surface area contributed by atoms with Gasteiger partial charge in [0.05, 0.1) is 5.69 Å². The normalized spacial score (nSPS) is 11.2. The summed E-state index contributed by atoms with van der Waals surface area (Å²) >= 11 is 0. The number of fused-ring (bicyclic) bond motifs is 1. The second-order valence-corrected chi connectivity index (χ2v) is 5.85. The number of hydrogen-bond acceptors (Lipinski definition) is 2. The summed E-state index contributed by atoms with van der Waals surface area (Å²) in [5.74, 6) is -0.285. The molecule has 0 saturated carbocycles. The Morgan fingerprint density at radius 3 is 2.52 bits per heavy atom. The fourth-order valence-electron chi connectivity index (χ4n) is 2.55. The minimum atomic E-state index is -0.412. The van der Waals surface area contributed by atoms with Crippen molar-refractivity contribution in [2.75, 3.05) is 5.32 Å². The van der Waals surface area contributed by atoms with Crippen LogP contribution in [0.4, 0.5) is 10.1 Å². The highest BCUT2D eigenvalue weighted by atomic mass is 19.1. The Kier molecular flexibility index (Phi) is 3.86. The Balaban J connectivity index is 1.91. The Bertz CT molecular complexity index is 866. The fraction of sp³-hybridized carbons (Fsp3) is 0.222. The molecular weight excluding hydrogens is 293 g/mol. The van der Waals surface area contributed by atoms with Crippen molar-refractivity contribution in [1.82, 2.24) is 9.38 Å². The first-order valence-electron chi connectivity index (χ1n) is 7.51. The van der Waals surface area contributed by atoms with Crippen LogP contribution in [0, 0.1) is 12.7 Å². The van der Waals surface area contributed by atoms with Gasteiger partial charge in [-0.25, -0.2) is 9.37 Å². The van der Waals surface area contributed by atoms with E-state index in [0.717, 1.165) is 0 Å². The zero-order valence-corrected chi connectivity index (χ0v) is 13.3. The number of hydrogen-bond donors (Lipinski definition) is 1. The van der Waals surface area contributed by atoms with E-state index in [9.17, 15) is 9.18 Å². The van der Waals surface area contributed by atoms with Crippen molar-refractivity contribution in [3.05, 3.63) is 65.4 Å². The first-order chi connectivity index (χ1) is 11.0. The molecule has 0 saturated heterocycles. The number of benzene rings is 1. The molecule has 3 aromatic rings. The third-order valence-corrected chi connectivity index (χ3v) is 3.81. The third kappa shape index (κ3) is 2.95. The monoisotopic (exact) mass is 311 g/mol. The van der Waals surface area contributed by atoms with Crippen LogP contribution in [0.3, 0.4) is 0 Å². The van der Waals surface area contributed by atoms with Gasteiger partial charge in [-0.2, -0.15) is 0 Å². The molecule has 0 spiro atoms. The molecule has 0 aliphatic carbocycles. The van der Waals surface area contributed by atoms with E-state index in [-0.39, 0.29) is 5.91 Å². The number of carbonyl (C=O) groups is 1. The summed E-state index contributed by atoms with van der Waals surface area (Å²) in [5.41, 5.74) is 3.35. The van der Waals surface area contributed by atoms with Crippen LogP contribution in [0.15, 0.2) is 42.6 Å². The molecule has 1 N–H and O–H groups in total. The number of amides is 1. The summed E-state index contributed by atoms with van der Waals surface area (Å²) in [6.45, 7) is 5.97. The van der Waals surface area contributed by atoms with E-state index in [4.69, 9.17) is 0 Å². The van der Waals surface area contributed by atoms with Gasteiger partial charge in [0.1, 0.15) is 17.2 Å². The number of aryl methyl sites for hydroxylation is 1. The molecule has 0 bridgehead atoms. The van der Waals surface area contributed by atoms with Crippen LogP contribution in [0.1, 0.15) is 41.5 Å². The number of aromatic nitrogens is 2. The highest BCUT2D eigenvalue weighted by Crippen LogP contribution is 2.19. The van der Waals surface area contributed by atoms with Gasteiger partial charge in [0.15, 0.2) is 0 Å². The fourth-order valence-corrected chi connectivity index (χ4v) is 2.55. The first-order valence-corrected chi connectivity index (χ1v) is 7.51. The average molecular weight is 311 g/mol. The van der Waals surface area contributed by atoms with Gasteiger partial charge >= 0.3 is 0 Å². The van der Waals surface area contributed by atoms with Gasteiger partial charge in [-0.15, -0.1) is 0 Å². The number of carbonyl (C=O) groups excluding carboxylic acids is 1. The maximum absolute atomic E-state index is 13.5. The molecular formula is C18H18FN3O. The number of pyridine rings is 1. The lowest BCUT2D eigenvalue weighted by Crippen LogP contribution is -2.15. The number of rotatable bonds is 3. The highest BCUT2D eigenvalue weighted by molar-refractivity contribution is 6.04. The Hall–Kier alpha value is -2.69. The molecule has 0 fully saturated rings. The van der Waals surface area contributed by atoms with E-state index in [2.05, 4.69) is 24.1 Å². The standard InChI is InChI=1S/C18H18FN3O/c1-11(2)13-4-7-15(8-5-13)21-18(23)17-12(3)20-16-9-6-14(19)10-22(16)17/h4-11H,1-3H3,(H,21,23). The van der Waals surface area contributed by atoms with E-state index in [0.29, 0.717) is 28.6 Å². The lowest BCUT2D eigenvalue weighted by molar-refractivity contribution is 0.102. The number of nitrogens with zero attached hydrogens (tertiary/aromatic N) is 2. The lowest BCUT2D eigenvalue weighted by atomic mass is 10.0. The molecule has 0 radical (unpaired) electrons. The van der Waals surface area contributed by atoms with Gasteiger partial charge in [0.25, 0.3) is 5.91 Å². The van der Waals surface area contributed by atoms with Gasteiger partial charge in [-0.1, -0.05) is 26.0 Å². The van der Waals surface area contributed by atoms with Crippen molar-refractivity contribution >= 4 is 17.2 Å². The second kappa shape index (κ2) is 5.83. The zero-order chi connectivity index (χ0) is 16.6. The minimum Gasteiger partial charge on any atom is -0.321 e. The quantitative estimate of drug-likeness (QED) is 0.789.